The lowest BCUT2D eigenvalue weighted by molar-refractivity contribution is 1.08. The predicted octanol–water partition coefficient (Wildman–Crippen LogP) is 16.2. The highest BCUT2D eigenvalue weighted by Crippen LogP contribution is 2.42. The first-order valence-corrected chi connectivity index (χ1v) is 22.4. The van der Waals surface area contributed by atoms with Crippen LogP contribution in [0.5, 0.6) is 0 Å². The number of pyridine rings is 1. The number of benzene rings is 11. The van der Waals surface area contributed by atoms with Gasteiger partial charge in [-0.2, -0.15) is 0 Å². The van der Waals surface area contributed by atoms with Crippen molar-refractivity contribution in [2.24, 2.45) is 0 Å². The number of hydrogen-bond donors (Lipinski definition) is 0. The number of nitrogens with zero attached hydrogens (tertiary/aromatic N) is 4. The smallest absolute Gasteiger partial charge is 0.164 e. The molecule has 0 radical (unpaired) electrons. The maximum atomic E-state index is 5.60. The molecule has 0 aliphatic carbocycles. The largest absolute Gasteiger partial charge is 0.246 e. The molecule has 13 aromatic rings. The summed E-state index contributed by atoms with van der Waals surface area (Å²) < 4.78 is 0. The maximum Gasteiger partial charge on any atom is 0.164 e. The number of fused-ring (bicyclic) bond motifs is 8. The van der Waals surface area contributed by atoms with Gasteiger partial charge >= 0.3 is 0 Å². The molecule has 0 aliphatic heterocycles. The Morgan fingerprint density at radius 3 is 1.36 bits per heavy atom. The van der Waals surface area contributed by atoms with Gasteiger partial charge < -0.3 is 0 Å². The van der Waals surface area contributed by atoms with Gasteiger partial charge in [-0.15, -0.1) is 0 Å². The standard InChI is InChI=1S/C62H38N4/c1-3-16-45-37-49(32-28-39(45)12-1)61-64-60(65-62(66-61)50-33-29-40-13-2-4-17-46(40)38-50)48-20-9-19-47(36-48)41-26-30-44(31-27-41)58-56-35-34-43-15-6-8-22-52(43)57(56)55-25-11-24-54(59(55)63-58)53-23-10-18-42-14-5-7-21-51(42)53/h1-38H. The fourth-order valence-corrected chi connectivity index (χ4v) is 9.77. The molecule has 0 unspecified atom stereocenters. The van der Waals surface area contributed by atoms with Gasteiger partial charge in [0.25, 0.3) is 0 Å². The van der Waals surface area contributed by atoms with Gasteiger partial charge in [-0.3, -0.25) is 0 Å². The summed E-state index contributed by atoms with van der Waals surface area (Å²) in [6, 6.07) is 81.9. The molecule has 0 aliphatic rings. The topological polar surface area (TPSA) is 51.6 Å². The van der Waals surface area contributed by atoms with Crippen molar-refractivity contribution in [3.8, 4) is 67.7 Å². The molecule has 0 atom stereocenters. The minimum absolute atomic E-state index is 0.621. The van der Waals surface area contributed by atoms with Gasteiger partial charge in [0, 0.05) is 44.0 Å². The predicted molar refractivity (Wildman–Crippen MR) is 275 cm³/mol. The van der Waals surface area contributed by atoms with Gasteiger partial charge in [0.2, 0.25) is 0 Å². The molecule has 4 heteroatoms. The van der Waals surface area contributed by atoms with Crippen LogP contribution >= 0.6 is 0 Å². The van der Waals surface area contributed by atoms with E-state index in [-0.39, 0.29) is 0 Å². The third kappa shape index (κ3) is 6.46. The minimum Gasteiger partial charge on any atom is -0.246 e. The summed E-state index contributed by atoms with van der Waals surface area (Å²) in [7, 11) is 0. The Morgan fingerprint density at radius 2 is 0.682 bits per heavy atom. The van der Waals surface area contributed by atoms with Crippen LogP contribution in [-0.4, -0.2) is 19.9 Å². The van der Waals surface area contributed by atoms with E-state index in [0.717, 1.165) is 71.7 Å². The third-order valence-electron chi connectivity index (χ3n) is 13.1. The van der Waals surface area contributed by atoms with E-state index in [0.29, 0.717) is 17.5 Å². The molecule has 306 valence electrons. The Labute approximate surface area is 381 Å². The van der Waals surface area contributed by atoms with Gasteiger partial charge in [0.05, 0.1) is 11.2 Å². The molecular formula is C62H38N4. The first-order valence-electron chi connectivity index (χ1n) is 22.4. The molecule has 2 heterocycles. The molecule has 0 amide bonds. The number of aromatic nitrogens is 4. The Bertz CT molecular complexity index is 3960. The van der Waals surface area contributed by atoms with Crippen LogP contribution in [0, 0.1) is 0 Å². The fourth-order valence-electron chi connectivity index (χ4n) is 9.77. The second-order valence-electron chi connectivity index (χ2n) is 17.0. The van der Waals surface area contributed by atoms with E-state index in [1.165, 1.54) is 43.3 Å². The summed E-state index contributed by atoms with van der Waals surface area (Å²) in [5.74, 6) is 1.89. The number of para-hydroxylation sites is 1. The first kappa shape index (κ1) is 37.7. The van der Waals surface area contributed by atoms with E-state index < -0.39 is 0 Å². The monoisotopic (exact) mass is 838 g/mol. The van der Waals surface area contributed by atoms with Crippen LogP contribution in [0.4, 0.5) is 0 Å². The molecule has 0 fully saturated rings. The molecule has 0 saturated heterocycles. The molecule has 13 rings (SSSR count). The Hall–Kier alpha value is -8.86. The van der Waals surface area contributed by atoms with E-state index in [9.17, 15) is 0 Å². The summed E-state index contributed by atoms with van der Waals surface area (Å²) in [6.45, 7) is 0. The van der Waals surface area contributed by atoms with Crippen molar-refractivity contribution in [1.29, 1.82) is 0 Å². The molecule has 0 spiro atoms. The van der Waals surface area contributed by atoms with Crippen molar-refractivity contribution in [3.63, 3.8) is 0 Å². The zero-order chi connectivity index (χ0) is 43.6. The van der Waals surface area contributed by atoms with Gasteiger partial charge in [-0.1, -0.05) is 212 Å². The quantitative estimate of drug-likeness (QED) is 0.157. The van der Waals surface area contributed by atoms with Crippen molar-refractivity contribution in [3.05, 3.63) is 231 Å². The summed E-state index contributed by atoms with van der Waals surface area (Å²) in [6.07, 6.45) is 0. The lowest BCUT2D eigenvalue weighted by Crippen LogP contribution is -2.00. The van der Waals surface area contributed by atoms with Crippen LogP contribution < -0.4 is 0 Å². The van der Waals surface area contributed by atoms with Gasteiger partial charge in [0.1, 0.15) is 0 Å². The number of rotatable bonds is 6. The molecule has 11 aromatic carbocycles. The minimum atomic E-state index is 0.621. The normalized spacial score (nSPS) is 11.6. The molecule has 0 N–H and O–H groups in total. The lowest BCUT2D eigenvalue weighted by Gasteiger charge is -2.16. The van der Waals surface area contributed by atoms with Gasteiger partial charge in [-0.05, 0) is 78.0 Å². The summed E-state index contributed by atoms with van der Waals surface area (Å²) in [4.78, 5) is 21.0. The number of hydrogen-bond acceptors (Lipinski definition) is 4. The Morgan fingerprint density at radius 1 is 0.227 bits per heavy atom. The highest BCUT2D eigenvalue weighted by atomic mass is 15.0. The van der Waals surface area contributed by atoms with Crippen LogP contribution in [0.1, 0.15) is 0 Å². The molecule has 2 aromatic heterocycles. The zero-order valence-corrected chi connectivity index (χ0v) is 35.7. The van der Waals surface area contributed by atoms with E-state index in [2.05, 4.69) is 231 Å². The van der Waals surface area contributed by atoms with Crippen LogP contribution in [0.25, 0.3) is 132 Å². The SMILES string of the molecule is c1cc(-c2ccc(-c3nc4c(-c5cccc6ccccc56)cccc4c4c3ccc3ccccc34)cc2)cc(-c2nc(-c3ccc4ccccc4c3)nc(-c3ccc4ccccc4c3)n2)c1. The van der Waals surface area contributed by atoms with E-state index >= 15 is 0 Å². The van der Waals surface area contributed by atoms with Gasteiger partial charge in [0.15, 0.2) is 17.5 Å². The fraction of sp³-hybridized carbons (Fsp3) is 0. The van der Waals surface area contributed by atoms with Crippen LogP contribution in [0.2, 0.25) is 0 Å². The third-order valence-corrected chi connectivity index (χ3v) is 13.1. The van der Waals surface area contributed by atoms with E-state index in [1.54, 1.807) is 0 Å². The molecule has 66 heavy (non-hydrogen) atoms. The highest BCUT2D eigenvalue weighted by Gasteiger charge is 2.18. The first-order chi connectivity index (χ1) is 32.7. The second-order valence-corrected chi connectivity index (χ2v) is 17.0. The maximum absolute atomic E-state index is 5.60. The average molecular weight is 839 g/mol. The van der Waals surface area contributed by atoms with Crippen LogP contribution in [-0.2, 0) is 0 Å². The van der Waals surface area contributed by atoms with E-state index in [4.69, 9.17) is 19.9 Å². The average Bonchev–Trinajstić information content (AvgIpc) is 3.39. The van der Waals surface area contributed by atoms with Crippen molar-refractivity contribution in [1.82, 2.24) is 19.9 Å². The Balaban J connectivity index is 0.933. The second kappa shape index (κ2) is 15.4. The molecule has 0 bridgehead atoms. The van der Waals surface area contributed by atoms with Gasteiger partial charge in [-0.25, -0.2) is 19.9 Å². The van der Waals surface area contributed by atoms with Crippen molar-refractivity contribution < 1.29 is 0 Å². The van der Waals surface area contributed by atoms with E-state index in [1.807, 2.05) is 0 Å². The molecular weight excluding hydrogens is 801 g/mol. The summed E-state index contributed by atoms with van der Waals surface area (Å²) >= 11 is 0. The molecule has 4 nitrogen and oxygen atoms in total. The Kier molecular flexibility index (Phi) is 8.81. The van der Waals surface area contributed by atoms with Crippen LogP contribution in [0.3, 0.4) is 0 Å². The van der Waals surface area contributed by atoms with Crippen molar-refractivity contribution in [2.45, 2.75) is 0 Å². The summed E-state index contributed by atoms with van der Waals surface area (Å²) in [5.41, 5.74) is 10.3. The summed E-state index contributed by atoms with van der Waals surface area (Å²) in [5, 5.41) is 13.0. The highest BCUT2D eigenvalue weighted by molar-refractivity contribution is 6.24. The lowest BCUT2D eigenvalue weighted by atomic mass is 9.91. The molecule has 0 saturated carbocycles. The van der Waals surface area contributed by atoms with Crippen molar-refractivity contribution >= 4 is 64.8 Å². The zero-order valence-electron chi connectivity index (χ0n) is 35.7. The van der Waals surface area contributed by atoms with Crippen LogP contribution in [0.15, 0.2) is 231 Å². The van der Waals surface area contributed by atoms with Crippen molar-refractivity contribution in [2.75, 3.05) is 0 Å².